The van der Waals surface area contributed by atoms with Crippen LogP contribution < -0.4 is 4.90 Å². The van der Waals surface area contributed by atoms with Crippen molar-refractivity contribution in [2.24, 2.45) is 0 Å². The predicted octanol–water partition coefficient (Wildman–Crippen LogP) is 3.16. The van der Waals surface area contributed by atoms with Crippen LogP contribution in [0.4, 0.5) is 5.69 Å². The van der Waals surface area contributed by atoms with Gasteiger partial charge in [0, 0.05) is 18.7 Å². The van der Waals surface area contributed by atoms with Gasteiger partial charge >= 0.3 is 5.97 Å². The Morgan fingerprint density at radius 3 is 2.40 bits per heavy atom. The molecule has 0 unspecified atom stereocenters. The van der Waals surface area contributed by atoms with Crippen LogP contribution in [-0.2, 0) is 14.3 Å². The summed E-state index contributed by atoms with van der Waals surface area (Å²) in [7, 11) is 0. The van der Waals surface area contributed by atoms with Crippen LogP contribution in [0.3, 0.4) is 0 Å². The number of anilines is 1. The summed E-state index contributed by atoms with van der Waals surface area (Å²) < 4.78 is 5.04. The van der Waals surface area contributed by atoms with E-state index in [9.17, 15) is 9.59 Å². The summed E-state index contributed by atoms with van der Waals surface area (Å²) in [6.45, 7) is 4.99. The SMILES string of the molecule is CCCCOC(=O)CCC(=O)N(CC)c1ccccc1. The zero-order chi connectivity index (χ0) is 14.8. The highest BCUT2D eigenvalue weighted by Crippen LogP contribution is 2.14. The van der Waals surface area contributed by atoms with Crippen LogP contribution in [0.25, 0.3) is 0 Å². The molecule has 0 saturated carbocycles. The molecule has 0 bridgehead atoms. The number of carbonyl (C=O) groups excluding carboxylic acids is 2. The van der Waals surface area contributed by atoms with E-state index in [1.54, 1.807) is 4.90 Å². The second-order valence-corrected chi connectivity index (χ2v) is 4.55. The van der Waals surface area contributed by atoms with E-state index in [2.05, 4.69) is 0 Å². The number of carbonyl (C=O) groups is 2. The van der Waals surface area contributed by atoms with Crippen molar-refractivity contribution in [3.63, 3.8) is 0 Å². The molecule has 0 fully saturated rings. The fourth-order valence-corrected chi connectivity index (χ4v) is 1.86. The van der Waals surface area contributed by atoms with Crippen LogP contribution in [0.5, 0.6) is 0 Å². The zero-order valence-electron chi connectivity index (χ0n) is 12.3. The fraction of sp³-hybridized carbons (Fsp3) is 0.500. The smallest absolute Gasteiger partial charge is 0.306 e. The normalized spacial score (nSPS) is 10.1. The Bertz CT molecular complexity index is 417. The van der Waals surface area contributed by atoms with E-state index in [1.165, 1.54) is 0 Å². The van der Waals surface area contributed by atoms with Gasteiger partial charge in [0.05, 0.1) is 13.0 Å². The fourth-order valence-electron chi connectivity index (χ4n) is 1.86. The average molecular weight is 277 g/mol. The molecule has 0 radical (unpaired) electrons. The van der Waals surface area contributed by atoms with Crippen molar-refractivity contribution in [1.82, 2.24) is 0 Å². The third-order valence-corrected chi connectivity index (χ3v) is 2.99. The molecule has 1 aromatic carbocycles. The first kappa shape index (κ1) is 16.2. The summed E-state index contributed by atoms with van der Waals surface area (Å²) in [6.07, 6.45) is 2.19. The monoisotopic (exact) mass is 277 g/mol. The first-order valence-corrected chi connectivity index (χ1v) is 7.20. The minimum atomic E-state index is -0.295. The van der Waals surface area contributed by atoms with E-state index >= 15 is 0 Å². The summed E-state index contributed by atoms with van der Waals surface area (Å²) in [5.41, 5.74) is 0.861. The van der Waals surface area contributed by atoms with Crippen LogP contribution in [0.15, 0.2) is 30.3 Å². The molecule has 0 aromatic heterocycles. The molecule has 0 heterocycles. The summed E-state index contributed by atoms with van der Waals surface area (Å²) in [5, 5.41) is 0. The van der Waals surface area contributed by atoms with E-state index in [0.29, 0.717) is 13.2 Å². The third kappa shape index (κ3) is 5.43. The number of esters is 1. The van der Waals surface area contributed by atoms with Crippen LogP contribution >= 0.6 is 0 Å². The van der Waals surface area contributed by atoms with Crippen LogP contribution in [-0.4, -0.2) is 25.0 Å². The van der Waals surface area contributed by atoms with Crippen molar-refractivity contribution in [1.29, 1.82) is 0 Å². The molecule has 0 saturated heterocycles. The topological polar surface area (TPSA) is 46.6 Å². The predicted molar refractivity (Wildman–Crippen MR) is 79.6 cm³/mol. The van der Waals surface area contributed by atoms with E-state index in [4.69, 9.17) is 4.74 Å². The Balaban J connectivity index is 2.42. The maximum Gasteiger partial charge on any atom is 0.306 e. The largest absolute Gasteiger partial charge is 0.466 e. The van der Waals surface area contributed by atoms with Gasteiger partial charge in [-0.05, 0) is 25.5 Å². The standard InChI is InChI=1S/C16H23NO3/c1-3-5-13-20-16(19)12-11-15(18)17(4-2)14-9-7-6-8-10-14/h6-10H,3-5,11-13H2,1-2H3. The molecule has 0 atom stereocenters. The highest BCUT2D eigenvalue weighted by Gasteiger charge is 2.15. The lowest BCUT2D eigenvalue weighted by atomic mass is 10.2. The van der Waals surface area contributed by atoms with Crippen LogP contribution in [0, 0.1) is 0 Å². The Morgan fingerprint density at radius 2 is 1.80 bits per heavy atom. The van der Waals surface area contributed by atoms with Gasteiger partial charge in [-0.3, -0.25) is 9.59 Å². The molecular formula is C16H23NO3. The van der Waals surface area contributed by atoms with Gasteiger partial charge in [-0.25, -0.2) is 0 Å². The summed E-state index contributed by atoms with van der Waals surface area (Å²) >= 11 is 0. The lowest BCUT2D eigenvalue weighted by Gasteiger charge is -2.20. The molecule has 0 aliphatic heterocycles. The number of para-hydroxylation sites is 1. The first-order valence-electron chi connectivity index (χ1n) is 7.20. The van der Waals surface area contributed by atoms with Crippen molar-refractivity contribution >= 4 is 17.6 Å². The van der Waals surface area contributed by atoms with Crippen molar-refractivity contribution < 1.29 is 14.3 Å². The van der Waals surface area contributed by atoms with Gasteiger partial charge in [0.1, 0.15) is 0 Å². The molecule has 110 valence electrons. The van der Waals surface area contributed by atoms with E-state index in [0.717, 1.165) is 18.5 Å². The molecule has 1 aromatic rings. The quantitative estimate of drug-likeness (QED) is 0.541. The van der Waals surface area contributed by atoms with Gasteiger partial charge in [-0.1, -0.05) is 31.5 Å². The Hall–Kier alpha value is -1.84. The molecule has 4 nitrogen and oxygen atoms in total. The van der Waals surface area contributed by atoms with Crippen molar-refractivity contribution in [3.8, 4) is 0 Å². The summed E-state index contributed by atoms with van der Waals surface area (Å²) in [4.78, 5) is 25.3. The Morgan fingerprint density at radius 1 is 1.10 bits per heavy atom. The highest BCUT2D eigenvalue weighted by molar-refractivity contribution is 5.94. The molecule has 0 N–H and O–H groups in total. The third-order valence-electron chi connectivity index (χ3n) is 2.99. The van der Waals surface area contributed by atoms with Gasteiger partial charge in [0.2, 0.25) is 5.91 Å². The van der Waals surface area contributed by atoms with E-state index < -0.39 is 0 Å². The number of rotatable bonds is 8. The van der Waals surface area contributed by atoms with Gasteiger partial charge < -0.3 is 9.64 Å². The zero-order valence-corrected chi connectivity index (χ0v) is 12.3. The molecule has 1 amide bonds. The van der Waals surface area contributed by atoms with Gasteiger partial charge in [0.15, 0.2) is 0 Å². The Labute approximate surface area is 120 Å². The molecule has 4 heteroatoms. The van der Waals surface area contributed by atoms with Crippen molar-refractivity contribution in [2.45, 2.75) is 39.5 Å². The maximum atomic E-state index is 12.1. The van der Waals surface area contributed by atoms with Gasteiger partial charge in [0.25, 0.3) is 0 Å². The van der Waals surface area contributed by atoms with Crippen LogP contribution in [0.1, 0.15) is 39.5 Å². The highest BCUT2D eigenvalue weighted by atomic mass is 16.5. The number of ether oxygens (including phenoxy) is 1. The lowest BCUT2D eigenvalue weighted by Crippen LogP contribution is -2.30. The number of hydrogen-bond donors (Lipinski definition) is 0. The number of nitrogens with zero attached hydrogens (tertiary/aromatic N) is 1. The summed E-state index contributed by atoms with van der Waals surface area (Å²) in [6, 6.07) is 9.48. The molecule has 20 heavy (non-hydrogen) atoms. The summed E-state index contributed by atoms with van der Waals surface area (Å²) in [5.74, 6) is -0.345. The van der Waals surface area contributed by atoms with Crippen molar-refractivity contribution in [2.75, 3.05) is 18.1 Å². The average Bonchev–Trinajstić information content (AvgIpc) is 2.47. The lowest BCUT2D eigenvalue weighted by molar-refractivity contribution is -0.144. The number of amides is 1. The van der Waals surface area contributed by atoms with Crippen LogP contribution in [0.2, 0.25) is 0 Å². The number of hydrogen-bond acceptors (Lipinski definition) is 3. The number of benzene rings is 1. The Kier molecular flexibility index (Phi) is 7.40. The minimum absolute atomic E-state index is 0.0499. The van der Waals surface area contributed by atoms with Gasteiger partial charge in [-0.2, -0.15) is 0 Å². The molecule has 0 aliphatic carbocycles. The molecule has 0 aliphatic rings. The van der Waals surface area contributed by atoms with E-state index in [1.807, 2.05) is 44.2 Å². The second-order valence-electron chi connectivity index (χ2n) is 4.55. The van der Waals surface area contributed by atoms with E-state index in [-0.39, 0.29) is 24.7 Å². The minimum Gasteiger partial charge on any atom is -0.466 e. The maximum absolute atomic E-state index is 12.1. The van der Waals surface area contributed by atoms with Gasteiger partial charge in [-0.15, -0.1) is 0 Å². The second kappa shape index (κ2) is 9.13. The molecular weight excluding hydrogens is 254 g/mol. The number of unbranched alkanes of at least 4 members (excludes halogenated alkanes) is 1. The molecule has 1 rings (SSSR count). The van der Waals surface area contributed by atoms with Crippen molar-refractivity contribution in [3.05, 3.63) is 30.3 Å². The molecule has 0 spiro atoms. The first-order chi connectivity index (χ1) is 9.69.